The minimum Gasteiger partial charge on any atom is -0.382 e. The van der Waals surface area contributed by atoms with Gasteiger partial charge in [-0.1, -0.05) is 11.3 Å². The quantitative estimate of drug-likeness (QED) is 0.459. The summed E-state index contributed by atoms with van der Waals surface area (Å²) in [5, 5.41) is 16.4. The normalized spacial score (nSPS) is 19.3. The number of hydrogen-bond donors (Lipinski definition) is 1. The second-order valence-corrected chi connectivity index (χ2v) is 8.04. The third kappa shape index (κ3) is 4.11. The molecule has 4 aromatic rings. The van der Waals surface area contributed by atoms with Crippen LogP contribution in [0.15, 0.2) is 36.7 Å². The molecule has 1 saturated carbocycles. The monoisotopic (exact) mass is 421 g/mol. The van der Waals surface area contributed by atoms with E-state index >= 15 is 0 Å². The van der Waals surface area contributed by atoms with Gasteiger partial charge in [0.2, 0.25) is 5.95 Å². The fraction of sp³-hybridized carbons (Fsp3) is 0.455. The van der Waals surface area contributed by atoms with Gasteiger partial charge in [-0.15, -0.1) is 10.2 Å². The molecule has 9 nitrogen and oxygen atoms in total. The van der Waals surface area contributed by atoms with Crippen molar-refractivity contribution in [3.63, 3.8) is 0 Å². The number of methoxy groups -OCH3 is 1. The lowest BCUT2D eigenvalue weighted by atomic mass is 9.93. The van der Waals surface area contributed by atoms with Crippen LogP contribution in [0.25, 0.3) is 27.7 Å². The van der Waals surface area contributed by atoms with E-state index in [9.17, 15) is 0 Å². The summed E-state index contributed by atoms with van der Waals surface area (Å²) < 4.78 is 14.6. The molecule has 1 N–H and O–H groups in total. The topological polar surface area (TPSA) is 91.4 Å². The molecule has 0 aliphatic heterocycles. The SMILES string of the molecule is COCCOC1CCC(Nc2ncc3c(-c4ccc5nnn(C)c5c4)ccn3n2)CC1. The molecule has 0 radical (unpaired) electrons. The van der Waals surface area contributed by atoms with Crippen molar-refractivity contribution < 1.29 is 9.47 Å². The minimum absolute atomic E-state index is 0.329. The third-order valence-corrected chi connectivity index (χ3v) is 5.99. The van der Waals surface area contributed by atoms with E-state index in [-0.39, 0.29) is 0 Å². The zero-order chi connectivity index (χ0) is 21.2. The van der Waals surface area contributed by atoms with Gasteiger partial charge in [-0.2, -0.15) is 0 Å². The molecule has 31 heavy (non-hydrogen) atoms. The minimum atomic E-state index is 0.329. The molecule has 0 spiro atoms. The molecule has 5 rings (SSSR count). The summed E-state index contributed by atoms with van der Waals surface area (Å²) in [7, 11) is 3.60. The van der Waals surface area contributed by atoms with Crippen LogP contribution in [0.5, 0.6) is 0 Å². The Bertz CT molecular complexity index is 1180. The summed E-state index contributed by atoms with van der Waals surface area (Å²) in [4.78, 5) is 4.59. The fourth-order valence-electron chi connectivity index (χ4n) is 4.26. The van der Waals surface area contributed by atoms with Gasteiger partial charge >= 0.3 is 0 Å². The number of aromatic nitrogens is 6. The first-order valence-electron chi connectivity index (χ1n) is 10.7. The first-order chi connectivity index (χ1) is 15.2. The number of nitrogens with zero attached hydrogens (tertiary/aromatic N) is 6. The van der Waals surface area contributed by atoms with E-state index in [1.807, 2.05) is 30.0 Å². The largest absolute Gasteiger partial charge is 0.382 e. The Kier molecular flexibility index (Phi) is 5.52. The highest BCUT2D eigenvalue weighted by molar-refractivity contribution is 5.87. The van der Waals surface area contributed by atoms with Crippen LogP contribution in [-0.4, -0.2) is 62.1 Å². The molecule has 0 saturated heterocycles. The van der Waals surface area contributed by atoms with Gasteiger partial charge in [-0.3, -0.25) is 0 Å². The van der Waals surface area contributed by atoms with Crippen molar-refractivity contribution in [3.05, 3.63) is 36.7 Å². The van der Waals surface area contributed by atoms with Gasteiger partial charge in [0.15, 0.2) is 0 Å². The van der Waals surface area contributed by atoms with Crippen molar-refractivity contribution in [3.8, 4) is 11.1 Å². The molecule has 0 bridgehead atoms. The smallest absolute Gasteiger partial charge is 0.241 e. The van der Waals surface area contributed by atoms with Crippen molar-refractivity contribution in [2.45, 2.75) is 37.8 Å². The van der Waals surface area contributed by atoms with E-state index in [4.69, 9.17) is 9.47 Å². The van der Waals surface area contributed by atoms with Crippen LogP contribution in [0.4, 0.5) is 5.95 Å². The molecule has 162 valence electrons. The number of ether oxygens (including phenoxy) is 2. The Labute approximate surface area is 180 Å². The molecule has 1 fully saturated rings. The van der Waals surface area contributed by atoms with Crippen LogP contribution in [0.1, 0.15) is 25.7 Å². The summed E-state index contributed by atoms with van der Waals surface area (Å²) in [6.07, 6.45) is 8.38. The molecule has 1 aliphatic rings. The van der Waals surface area contributed by atoms with E-state index in [0.717, 1.165) is 53.4 Å². The number of benzene rings is 1. The van der Waals surface area contributed by atoms with Crippen molar-refractivity contribution in [2.24, 2.45) is 7.05 Å². The van der Waals surface area contributed by atoms with Crippen molar-refractivity contribution in [1.29, 1.82) is 0 Å². The maximum atomic E-state index is 5.86. The first-order valence-corrected chi connectivity index (χ1v) is 10.7. The molecular formula is C22H27N7O2. The lowest BCUT2D eigenvalue weighted by molar-refractivity contribution is -0.00158. The lowest BCUT2D eigenvalue weighted by Crippen LogP contribution is -2.31. The molecule has 0 amide bonds. The van der Waals surface area contributed by atoms with E-state index in [2.05, 4.69) is 43.9 Å². The Morgan fingerprint density at radius 1 is 1.10 bits per heavy atom. The van der Waals surface area contributed by atoms with Gasteiger partial charge in [-0.05, 0) is 49.4 Å². The average Bonchev–Trinajstić information content (AvgIpc) is 3.38. The van der Waals surface area contributed by atoms with Crippen LogP contribution in [0.3, 0.4) is 0 Å². The standard InChI is InChI=1S/C22H27N7O2/c1-28-20-13-15(3-8-19(20)25-27-28)18-9-10-29-21(18)14-23-22(26-29)24-16-4-6-17(7-5-16)31-12-11-30-2/h3,8-10,13-14,16-17H,4-7,11-12H2,1-2H3,(H,24,26). The fourth-order valence-corrected chi connectivity index (χ4v) is 4.26. The van der Waals surface area contributed by atoms with Crippen molar-refractivity contribution >= 4 is 22.5 Å². The Hall–Kier alpha value is -3.04. The Morgan fingerprint density at radius 2 is 1.97 bits per heavy atom. The van der Waals surface area contributed by atoms with E-state index in [0.29, 0.717) is 31.3 Å². The molecule has 1 aliphatic carbocycles. The molecular weight excluding hydrogens is 394 g/mol. The Morgan fingerprint density at radius 3 is 2.81 bits per heavy atom. The highest BCUT2D eigenvalue weighted by Crippen LogP contribution is 2.28. The summed E-state index contributed by atoms with van der Waals surface area (Å²) >= 11 is 0. The van der Waals surface area contributed by atoms with Crippen molar-refractivity contribution in [2.75, 3.05) is 25.6 Å². The van der Waals surface area contributed by atoms with Gasteiger partial charge in [0.1, 0.15) is 5.52 Å². The zero-order valence-corrected chi connectivity index (χ0v) is 17.9. The average molecular weight is 422 g/mol. The number of anilines is 1. The summed E-state index contributed by atoms with van der Waals surface area (Å²) in [6.45, 7) is 1.32. The van der Waals surface area contributed by atoms with Crippen molar-refractivity contribution in [1.82, 2.24) is 29.6 Å². The van der Waals surface area contributed by atoms with Gasteiger partial charge in [0, 0.05) is 32.0 Å². The molecule has 1 aromatic carbocycles. The third-order valence-electron chi connectivity index (χ3n) is 5.99. The van der Waals surface area contributed by atoms with Crippen LogP contribution < -0.4 is 5.32 Å². The maximum absolute atomic E-state index is 5.86. The van der Waals surface area contributed by atoms with Gasteiger partial charge in [0.25, 0.3) is 0 Å². The van der Waals surface area contributed by atoms with E-state index in [1.54, 1.807) is 11.8 Å². The molecule has 0 unspecified atom stereocenters. The molecule has 9 heteroatoms. The molecule has 3 heterocycles. The predicted octanol–water partition coefficient (Wildman–Crippen LogP) is 3.06. The number of hydrogen-bond acceptors (Lipinski definition) is 7. The van der Waals surface area contributed by atoms with Crippen LogP contribution in [0.2, 0.25) is 0 Å². The maximum Gasteiger partial charge on any atom is 0.241 e. The second-order valence-electron chi connectivity index (χ2n) is 8.04. The highest BCUT2D eigenvalue weighted by Gasteiger charge is 2.22. The highest BCUT2D eigenvalue weighted by atomic mass is 16.5. The Balaban J connectivity index is 1.28. The number of aryl methyl sites for hydroxylation is 1. The van der Waals surface area contributed by atoms with Crippen LogP contribution in [0, 0.1) is 0 Å². The first kappa shape index (κ1) is 19.9. The second kappa shape index (κ2) is 8.60. The summed E-state index contributed by atoms with van der Waals surface area (Å²) in [5.74, 6) is 0.657. The van der Waals surface area contributed by atoms with Crippen LogP contribution >= 0.6 is 0 Å². The van der Waals surface area contributed by atoms with E-state index < -0.39 is 0 Å². The van der Waals surface area contributed by atoms with Gasteiger partial charge < -0.3 is 14.8 Å². The number of rotatable bonds is 7. The summed E-state index contributed by atoms with van der Waals surface area (Å²) in [5.41, 5.74) is 5.03. The van der Waals surface area contributed by atoms with Crippen LogP contribution in [-0.2, 0) is 16.5 Å². The zero-order valence-electron chi connectivity index (χ0n) is 17.9. The van der Waals surface area contributed by atoms with E-state index in [1.165, 1.54) is 0 Å². The molecule has 3 aromatic heterocycles. The predicted molar refractivity (Wildman–Crippen MR) is 118 cm³/mol. The number of fused-ring (bicyclic) bond motifs is 2. The van der Waals surface area contributed by atoms with Gasteiger partial charge in [0.05, 0.1) is 36.5 Å². The lowest BCUT2D eigenvalue weighted by Gasteiger charge is -2.29. The summed E-state index contributed by atoms with van der Waals surface area (Å²) in [6, 6.07) is 8.60. The molecule has 0 atom stereocenters. The van der Waals surface area contributed by atoms with Gasteiger partial charge in [-0.25, -0.2) is 14.2 Å². The number of nitrogens with one attached hydrogen (secondary N) is 1.